The van der Waals surface area contributed by atoms with Crippen LogP contribution < -0.4 is 15.6 Å². The van der Waals surface area contributed by atoms with Crippen LogP contribution in [0.1, 0.15) is 11.4 Å². The second-order valence-electron chi connectivity index (χ2n) is 7.03. The van der Waals surface area contributed by atoms with E-state index in [2.05, 4.69) is 27.9 Å². The first kappa shape index (κ1) is 19.5. The number of fused-ring (bicyclic) bond motifs is 2. The van der Waals surface area contributed by atoms with Gasteiger partial charge in [-0.05, 0) is 77.2 Å². The number of amides is 1. The normalized spacial score (nSPS) is 14.0. The number of hydrogen-bond acceptors (Lipinski definition) is 4. The summed E-state index contributed by atoms with van der Waals surface area (Å²) in [6.45, 7) is 0. The van der Waals surface area contributed by atoms with Gasteiger partial charge in [0.2, 0.25) is 0 Å². The molecular weight excluding hydrogens is 505 g/mol. The molecule has 1 aromatic heterocycles. The molecule has 1 aliphatic rings. The first-order chi connectivity index (χ1) is 15.0. The number of carbonyl (C=O) groups excluding carboxylic acids is 1. The van der Waals surface area contributed by atoms with Crippen molar-refractivity contribution in [2.45, 2.75) is 0 Å². The van der Waals surface area contributed by atoms with Crippen LogP contribution in [0.25, 0.3) is 28.2 Å². The predicted octanol–water partition coefficient (Wildman–Crippen LogP) is 4.49. The first-order valence-corrected chi connectivity index (χ1v) is 10.6. The van der Waals surface area contributed by atoms with Crippen molar-refractivity contribution in [1.29, 1.82) is 0 Å². The summed E-state index contributed by atoms with van der Waals surface area (Å²) in [6.07, 6.45) is 1.67. The molecule has 0 fully saturated rings. The van der Waals surface area contributed by atoms with Gasteiger partial charge in [-0.3, -0.25) is 14.2 Å². The zero-order valence-corrected chi connectivity index (χ0v) is 18.6. The van der Waals surface area contributed by atoms with E-state index in [0.717, 1.165) is 14.8 Å². The third kappa shape index (κ3) is 3.40. The van der Waals surface area contributed by atoms with Gasteiger partial charge in [-0.15, -0.1) is 0 Å². The Morgan fingerprint density at radius 2 is 1.81 bits per heavy atom. The number of ether oxygens (including phenoxy) is 1. The Morgan fingerprint density at radius 1 is 1.03 bits per heavy atom. The highest BCUT2D eigenvalue weighted by atomic mass is 127. The average molecular weight is 521 g/mol. The highest BCUT2D eigenvalue weighted by Crippen LogP contribution is 2.32. The minimum Gasteiger partial charge on any atom is -0.497 e. The minimum absolute atomic E-state index is 0.202. The SMILES string of the molecule is COc1ccc(-n2c(/C=C3/C(=O)Nc4ccccc43)nc3ccc(I)cc3c2=O)cc1. The second kappa shape index (κ2) is 7.66. The van der Waals surface area contributed by atoms with Crippen LogP contribution >= 0.6 is 22.6 Å². The molecule has 2 heterocycles. The molecule has 0 aliphatic carbocycles. The second-order valence-corrected chi connectivity index (χ2v) is 8.27. The summed E-state index contributed by atoms with van der Waals surface area (Å²) < 4.78 is 7.72. The molecule has 0 saturated carbocycles. The molecule has 0 saturated heterocycles. The van der Waals surface area contributed by atoms with Crippen LogP contribution in [0.3, 0.4) is 0 Å². The molecule has 6 nitrogen and oxygen atoms in total. The quantitative estimate of drug-likeness (QED) is 0.319. The van der Waals surface area contributed by atoms with Crippen LogP contribution in [0.2, 0.25) is 0 Å². The van der Waals surface area contributed by atoms with E-state index in [0.29, 0.717) is 33.7 Å². The topological polar surface area (TPSA) is 73.2 Å². The lowest BCUT2D eigenvalue weighted by atomic mass is 10.1. The fraction of sp³-hybridized carbons (Fsp3) is 0.0417. The maximum Gasteiger partial charge on any atom is 0.266 e. The summed E-state index contributed by atoms with van der Waals surface area (Å²) in [4.78, 5) is 30.9. The molecule has 7 heteroatoms. The number of nitrogens with zero attached hydrogens (tertiary/aromatic N) is 2. The number of para-hydroxylation sites is 1. The molecule has 0 bridgehead atoms. The summed E-state index contributed by atoms with van der Waals surface area (Å²) in [5.74, 6) is 0.842. The van der Waals surface area contributed by atoms with Crippen LogP contribution in [0, 0.1) is 3.57 Å². The summed E-state index contributed by atoms with van der Waals surface area (Å²) in [7, 11) is 1.59. The maximum absolute atomic E-state index is 13.5. The standard InChI is InChI=1S/C24H16IN3O3/c1-31-16-9-7-15(8-10-16)28-22(26-21-11-6-14(25)12-19(21)24(28)30)13-18-17-4-2-3-5-20(17)27-23(18)29/h2-13H,1H3,(H,27,29)/b18-13+. The Hall–Kier alpha value is -3.46. The summed E-state index contributed by atoms with van der Waals surface area (Å²) in [5, 5.41) is 3.38. The van der Waals surface area contributed by atoms with Crippen LogP contribution in [0.15, 0.2) is 71.5 Å². The number of methoxy groups -OCH3 is 1. The van der Waals surface area contributed by atoms with Crippen LogP contribution in [-0.2, 0) is 4.79 Å². The number of hydrogen-bond donors (Lipinski definition) is 1. The van der Waals surface area contributed by atoms with Gasteiger partial charge >= 0.3 is 0 Å². The van der Waals surface area contributed by atoms with E-state index in [1.54, 1.807) is 37.5 Å². The summed E-state index contributed by atoms with van der Waals surface area (Å²) in [6, 6.07) is 20.2. The predicted molar refractivity (Wildman–Crippen MR) is 130 cm³/mol. The van der Waals surface area contributed by atoms with Gasteiger partial charge in [-0.2, -0.15) is 0 Å². The van der Waals surface area contributed by atoms with E-state index in [-0.39, 0.29) is 11.5 Å². The van der Waals surface area contributed by atoms with E-state index in [1.807, 2.05) is 42.5 Å². The molecular formula is C24H16IN3O3. The molecule has 0 atom stereocenters. The molecule has 1 aliphatic heterocycles. The van der Waals surface area contributed by atoms with Gasteiger partial charge in [0.05, 0.1) is 29.3 Å². The third-order valence-electron chi connectivity index (χ3n) is 5.17. The fourth-order valence-electron chi connectivity index (χ4n) is 3.66. The number of carbonyl (C=O) groups is 1. The van der Waals surface area contributed by atoms with Crippen molar-refractivity contribution in [3.8, 4) is 11.4 Å². The van der Waals surface area contributed by atoms with E-state index in [4.69, 9.17) is 9.72 Å². The van der Waals surface area contributed by atoms with Gasteiger partial charge in [0.15, 0.2) is 0 Å². The van der Waals surface area contributed by atoms with Gasteiger partial charge in [0, 0.05) is 14.8 Å². The number of rotatable bonds is 3. The van der Waals surface area contributed by atoms with Gasteiger partial charge in [0.1, 0.15) is 11.6 Å². The van der Waals surface area contributed by atoms with Gasteiger partial charge in [0.25, 0.3) is 11.5 Å². The monoisotopic (exact) mass is 521 g/mol. The van der Waals surface area contributed by atoms with E-state index in [9.17, 15) is 9.59 Å². The Labute approximate surface area is 191 Å². The number of benzene rings is 3. The van der Waals surface area contributed by atoms with Crippen molar-refractivity contribution >= 4 is 56.7 Å². The molecule has 0 unspecified atom stereocenters. The van der Waals surface area contributed by atoms with Gasteiger partial charge < -0.3 is 10.1 Å². The lowest BCUT2D eigenvalue weighted by molar-refractivity contribution is -0.110. The first-order valence-electron chi connectivity index (χ1n) is 9.54. The molecule has 0 radical (unpaired) electrons. The van der Waals surface area contributed by atoms with Gasteiger partial charge in [-0.1, -0.05) is 18.2 Å². The third-order valence-corrected chi connectivity index (χ3v) is 5.84. The molecule has 4 aromatic rings. The number of aromatic nitrogens is 2. The molecule has 152 valence electrons. The highest BCUT2D eigenvalue weighted by Gasteiger charge is 2.24. The number of halogens is 1. The van der Waals surface area contributed by atoms with Crippen molar-refractivity contribution in [3.63, 3.8) is 0 Å². The average Bonchev–Trinajstić information content (AvgIpc) is 3.10. The zero-order valence-electron chi connectivity index (χ0n) is 16.4. The van der Waals surface area contributed by atoms with Crippen molar-refractivity contribution in [3.05, 3.63) is 92.0 Å². The Balaban J connectivity index is 1.80. The largest absolute Gasteiger partial charge is 0.497 e. The Kier molecular flexibility index (Phi) is 4.82. The lowest BCUT2D eigenvalue weighted by Gasteiger charge is -2.13. The van der Waals surface area contributed by atoms with Gasteiger partial charge in [-0.25, -0.2) is 4.98 Å². The van der Waals surface area contributed by atoms with Crippen molar-refractivity contribution in [2.75, 3.05) is 12.4 Å². The number of nitrogens with one attached hydrogen (secondary N) is 1. The van der Waals surface area contributed by atoms with E-state index < -0.39 is 0 Å². The molecule has 5 rings (SSSR count). The summed E-state index contributed by atoms with van der Waals surface area (Å²) in [5.41, 5.74) is 3.01. The molecule has 31 heavy (non-hydrogen) atoms. The lowest BCUT2D eigenvalue weighted by Crippen LogP contribution is -2.22. The Bertz CT molecular complexity index is 1440. The molecule has 1 amide bonds. The zero-order chi connectivity index (χ0) is 21.5. The van der Waals surface area contributed by atoms with Crippen LogP contribution in [-0.4, -0.2) is 22.6 Å². The minimum atomic E-state index is -0.223. The summed E-state index contributed by atoms with van der Waals surface area (Å²) >= 11 is 2.17. The highest BCUT2D eigenvalue weighted by molar-refractivity contribution is 14.1. The fourth-order valence-corrected chi connectivity index (χ4v) is 4.16. The maximum atomic E-state index is 13.5. The van der Waals surface area contributed by atoms with E-state index >= 15 is 0 Å². The smallest absolute Gasteiger partial charge is 0.266 e. The van der Waals surface area contributed by atoms with Crippen molar-refractivity contribution < 1.29 is 9.53 Å². The van der Waals surface area contributed by atoms with E-state index in [1.165, 1.54) is 4.57 Å². The van der Waals surface area contributed by atoms with Crippen LogP contribution in [0.4, 0.5) is 5.69 Å². The molecule has 0 spiro atoms. The van der Waals surface area contributed by atoms with Crippen molar-refractivity contribution in [2.24, 2.45) is 0 Å². The molecule has 1 N–H and O–H groups in total. The van der Waals surface area contributed by atoms with Crippen molar-refractivity contribution in [1.82, 2.24) is 9.55 Å². The van der Waals surface area contributed by atoms with Crippen LogP contribution in [0.5, 0.6) is 5.75 Å². The number of anilines is 1. The Morgan fingerprint density at radius 3 is 2.58 bits per heavy atom. The molecule has 3 aromatic carbocycles.